The maximum absolute atomic E-state index is 8.87. The van der Waals surface area contributed by atoms with Gasteiger partial charge in [-0.2, -0.15) is 0 Å². The summed E-state index contributed by atoms with van der Waals surface area (Å²) in [6.07, 6.45) is 2.67. The van der Waals surface area contributed by atoms with Gasteiger partial charge in [0.05, 0.1) is 6.04 Å². The van der Waals surface area contributed by atoms with Crippen molar-refractivity contribution in [2.45, 2.75) is 26.3 Å². The Labute approximate surface area is 133 Å². The number of hydrogen-bond acceptors (Lipinski definition) is 5. The van der Waals surface area contributed by atoms with Crippen LogP contribution >= 0.6 is 15.9 Å². The van der Waals surface area contributed by atoms with E-state index in [0.29, 0.717) is 5.84 Å². The number of halogens is 1. The van der Waals surface area contributed by atoms with Gasteiger partial charge in [0.2, 0.25) is 0 Å². The van der Waals surface area contributed by atoms with Gasteiger partial charge in [-0.05, 0) is 40.9 Å². The summed E-state index contributed by atoms with van der Waals surface area (Å²) in [7, 11) is 0. The van der Waals surface area contributed by atoms with Gasteiger partial charge in [0.15, 0.2) is 5.84 Å². The highest BCUT2D eigenvalue weighted by molar-refractivity contribution is 9.10. The average molecular weight is 356 g/mol. The van der Waals surface area contributed by atoms with Crippen molar-refractivity contribution in [3.8, 4) is 0 Å². The normalized spacial score (nSPS) is 18.8. The Morgan fingerprint density at radius 2 is 2.14 bits per heavy atom. The Bertz CT molecular complexity index is 514. The van der Waals surface area contributed by atoms with E-state index in [-0.39, 0.29) is 6.04 Å². The summed E-state index contributed by atoms with van der Waals surface area (Å²) in [5.74, 6) is 1.33. The largest absolute Gasteiger partial charge is 0.409 e. The Balaban J connectivity index is 2.03. The number of rotatable bonds is 4. The molecule has 0 spiro atoms. The summed E-state index contributed by atoms with van der Waals surface area (Å²) in [6.45, 7) is 7.67. The number of amidine groups is 1. The standard InChI is InChI=1S/C14H22BrN5O/c1-3-12(13(16)18-21)19-4-6-20(7-5-19)14-10(2)8-11(15)9-17-14/h8-9,12,21H,3-7H2,1-2H3,(H2,16,18). The molecular weight excluding hydrogens is 334 g/mol. The lowest BCUT2D eigenvalue weighted by Crippen LogP contribution is -2.54. The van der Waals surface area contributed by atoms with Crippen molar-refractivity contribution < 1.29 is 5.21 Å². The van der Waals surface area contributed by atoms with E-state index in [1.165, 1.54) is 5.56 Å². The molecule has 116 valence electrons. The van der Waals surface area contributed by atoms with Crippen molar-refractivity contribution in [2.75, 3.05) is 31.1 Å². The first kappa shape index (κ1) is 16.0. The summed E-state index contributed by atoms with van der Waals surface area (Å²) in [6, 6.07) is 2.09. The van der Waals surface area contributed by atoms with E-state index < -0.39 is 0 Å². The van der Waals surface area contributed by atoms with Crippen molar-refractivity contribution in [3.63, 3.8) is 0 Å². The SMILES string of the molecule is CCC(C(N)=NO)N1CCN(c2ncc(Br)cc2C)CC1. The summed E-state index contributed by atoms with van der Waals surface area (Å²) in [4.78, 5) is 9.07. The molecule has 0 amide bonds. The molecule has 2 heterocycles. The lowest BCUT2D eigenvalue weighted by Gasteiger charge is -2.39. The third-order valence-electron chi connectivity index (χ3n) is 3.92. The number of hydrogen-bond donors (Lipinski definition) is 2. The van der Waals surface area contributed by atoms with E-state index >= 15 is 0 Å². The van der Waals surface area contributed by atoms with Crippen LogP contribution in [0.25, 0.3) is 0 Å². The number of piperazine rings is 1. The van der Waals surface area contributed by atoms with Crippen molar-refractivity contribution in [3.05, 3.63) is 22.3 Å². The second-order valence-corrected chi connectivity index (χ2v) is 6.18. The summed E-state index contributed by atoms with van der Waals surface area (Å²) in [5.41, 5.74) is 6.94. The first-order valence-corrected chi connectivity index (χ1v) is 7.94. The van der Waals surface area contributed by atoms with E-state index in [0.717, 1.165) is 42.9 Å². The molecule has 0 bridgehead atoms. The Hall–Kier alpha value is -1.34. The maximum atomic E-state index is 8.87. The van der Waals surface area contributed by atoms with Crippen LogP contribution in [-0.4, -0.2) is 53.1 Å². The second-order valence-electron chi connectivity index (χ2n) is 5.27. The molecule has 3 N–H and O–H groups in total. The van der Waals surface area contributed by atoms with Gasteiger partial charge >= 0.3 is 0 Å². The summed E-state index contributed by atoms with van der Waals surface area (Å²) < 4.78 is 1.00. The smallest absolute Gasteiger partial charge is 0.156 e. The second kappa shape index (κ2) is 7.09. The maximum Gasteiger partial charge on any atom is 0.156 e. The number of nitrogens with two attached hydrogens (primary N) is 1. The van der Waals surface area contributed by atoms with Gasteiger partial charge < -0.3 is 15.8 Å². The van der Waals surface area contributed by atoms with Gasteiger partial charge in [-0.1, -0.05) is 12.1 Å². The van der Waals surface area contributed by atoms with Crippen molar-refractivity contribution in [1.29, 1.82) is 0 Å². The van der Waals surface area contributed by atoms with E-state index in [1.54, 1.807) is 0 Å². The van der Waals surface area contributed by atoms with Crippen LogP contribution in [0.5, 0.6) is 0 Å². The molecule has 0 aliphatic carbocycles. The topological polar surface area (TPSA) is 78.0 Å². The zero-order chi connectivity index (χ0) is 15.4. The molecule has 6 nitrogen and oxygen atoms in total. The molecule has 1 aliphatic heterocycles. The predicted molar refractivity (Wildman–Crippen MR) is 87.9 cm³/mol. The molecule has 1 aromatic heterocycles. The van der Waals surface area contributed by atoms with E-state index in [2.05, 4.69) is 55.8 Å². The molecule has 0 saturated carbocycles. The molecule has 1 unspecified atom stereocenters. The quantitative estimate of drug-likeness (QED) is 0.372. The summed E-state index contributed by atoms with van der Waals surface area (Å²) >= 11 is 3.44. The highest BCUT2D eigenvalue weighted by Crippen LogP contribution is 2.22. The Kier molecular flexibility index (Phi) is 5.41. The van der Waals surface area contributed by atoms with Crippen LogP contribution < -0.4 is 10.6 Å². The number of pyridine rings is 1. The van der Waals surface area contributed by atoms with Crippen molar-refractivity contribution in [2.24, 2.45) is 10.9 Å². The van der Waals surface area contributed by atoms with Crippen LogP contribution in [0.1, 0.15) is 18.9 Å². The lowest BCUT2D eigenvalue weighted by atomic mass is 10.1. The minimum atomic E-state index is 0.0103. The first-order chi connectivity index (χ1) is 10.1. The third-order valence-corrected chi connectivity index (χ3v) is 4.35. The van der Waals surface area contributed by atoms with E-state index in [4.69, 9.17) is 10.9 Å². The fraction of sp³-hybridized carbons (Fsp3) is 0.571. The molecule has 0 radical (unpaired) electrons. The van der Waals surface area contributed by atoms with Gasteiger partial charge in [0, 0.05) is 36.8 Å². The van der Waals surface area contributed by atoms with E-state index in [9.17, 15) is 0 Å². The minimum Gasteiger partial charge on any atom is -0.409 e. The molecule has 2 rings (SSSR count). The van der Waals surface area contributed by atoms with Gasteiger partial charge in [-0.3, -0.25) is 4.90 Å². The highest BCUT2D eigenvalue weighted by Gasteiger charge is 2.26. The zero-order valence-electron chi connectivity index (χ0n) is 12.5. The van der Waals surface area contributed by atoms with Crippen LogP contribution in [0, 0.1) is 6.92 Å². The summed E-state index contributed by atoms with van der Waals surface area (Å²) in [5, 5.41) is 12.0. The van der Waals surface area contributed by atoms with Gasteiger partial charge in [-0.15, -0.1) is 0 Å². The van der Waals surface area contributed by atoms with Crippen LogP contribution in [0.3, 0.4) is 0 Å². The Morgan fingerprint density at radius 3 is 2.67 bits per heavy atom. The van der Waals surface area contributed by atoms with Crippen LogP contribution in [0.2, 0.25) is 0 Å². The van der Waals surface area contributed by atoms with E-state index in [1.807, 2.05) is 6.20 Å². The number of aromatic nitrogens is 1. The molecule has 1 aromatic rings. The Morgan fingerprint density at radius 1 is 1.48 bits per heavy atom. The first-order valence-electron chi connectivity index (χ1n) is 7.15. The third kappa shape index (κ3) is 3.65. The molecule has 0 aromatic carbocycles. The number of nitrogens with zero attached hydrogens (tertiary/aromatic N) is 4. The zero-order valence-corrected chi connectivity index (χ0v) is 14.0. The van der Waals surface area contributed by atoms with Gasteiger partial charge in [-0.25, -0.2) is 4.98 Å². The van der Waals surface area contributed by atoms with Gasteiger partial charge in [0.25, 0.3) is 0 Å². The number of aryl methyl sites for hydroxylation is 1. The molecular formula is C14H22BrN5O. The fourth-order valence-electron chi connectivity index (χ4n) is 2.83. The molecule has 1 fully saturated rings. The highest BCUT2D eigenvalue weighted by atomic mass is 79.9. The predicted octanol–water partition coefficient (Wildman–Crippen LogP) is 1.80. The number of anilines is 1. The van der Waals surface area contributed by atoms with Crippen LogP contribution in [-0.2, 0) is 0 Å². The number of oxime groups is 1. The average Bonchev–Trinajstić information content (AvgIpc) is 2.49. The fourth-order valence-corrected chi connectivity index (χ4v) is 3.28. The molecule has 21 heavy (non-hydrogen) atoms. The molecule has 7 heteroatoms. The molecule has 1 atom stereocenters. The molecule has 1 saturated heterocycles. The lowest BCUT2D eigenvalue weighted by molar-refractivity contribution is 0.215. The van der Waals surface area contributed by atoms with Gasteiger partial charge in [0.1, 0.15) is 5.82 Å². The van der Waals surface area contributed by atoms with Crippen LogP contribution in [0.4, 0.5) is 5.82 Å². The van der Waals surface area contributed by atoms with Crippen molar-refractivity contribution >= 4 is 27.6 Å². The minimum absolute atomic E-state index is 0.0103. The molecule has 1 aliphatic rings. The van der Waals surface area contributed by atoms with Crippen molar-refractivity contribution in [1.82, 2.24) is 9.88 Å². The monoisotopic (exact) mass is 355 g/mol. The van der Waals surface area contributed by atoms with Crippen LogP contribution in [0.15, 0.2) is 21.9 Å².